The SMILES string of the molecule is Cc1ncsc1-c1ccc(CCC(=O)[C@@H]2C[C@@H](O)CN2C(=O)[C@@H](NC(=O)COCCOc2cccc(NC(=O)C[C@@H]3N=C(c4ccc(Cl)cc4)c4c(sc(C)c4C)-n4c(C)nnc43)c2)C(C)(C)C)cc1. The second kappa shape index (κ2) is 21.5. The Bertz CT molecular complexity index is 2920. The number of β-amino-alcohol motifs (C(OH)–C–C–N with tert-alkyl or cyclic N) is 1. The van der Waals surface area contributed by atoms with Gasteiger partial charge in [-0.2, -0.15) is 0 Å². The van der Waals surface area contributed by atoms with Crippen LogP contribution in [0, 0.1) is 33.1 Å². The van der Waals surface area contributed by atoms with Crippen LogP contribution in [-0.4, -0.2) is 104 Å². The van der Waals surface area contributed by atoms with Crippen LogP contribution in [0.4, 0.5) is 5.69 Å². The summed E-state index contributed by atoms with van der Waals surface area (Å²) in [6.07, 6.45) is -0.0305. The third kappa shape index (κ3) is 11.4. The van der Waals surface area contributed by atoms with Crippen LogP contribution in [0.5, 0.6) is 5.75 Å². The molecule has 6 aromatic rings. The van der Waals surface area contributed by atoms with Crippen LogP contribution >= 0.6 is 34.3 Å². The number of carbonyl (C=O) groups is 4. The Hall–Kier alpha value is -6.11. The van der Waals surface area contributed by atoms with Gasteiger partial charge in [-0.1, -0.05) is 74.8 Å². The molecule has 5 heterocycles. The molecular formula is C52H57ClN8O7S2. The molecule has 0 saturated carbocycles. The maximum absolute atomic E-state index is 14.1. The first-order valence-corrected chi connectivity index (χ1v) is 25.3. The number of aliphatic hydroxyl groups is 1. The number of aliphatic hydroxyl groups excluding tert-OH is 1. The first-order chi connectivity index (χ1) is 33.4. The lowest BCUT2D eigenvalue weighted by atomic mass is 9.85. The number of likely N-dealkylation sites (tertiary alicyclic amines) is 1. The van der Waals surface area contributed by atoms with Crippen LogP contribution in [-0.2, 0) is 30.3 Å². The second-order valence-corrected chi connectivity index (χ2v) is 21.3. The van der Waals surface area contributed by atoms with Crippen molar-refractivity contribution in [3.05, 3.63) is 128 Å². The fourth-order valence-electron chi connectivity index (χ4n) is 8.78. The van der Waals surface area contributed by atoms with Crippen molar-refractivity contribution in [2.24, 2.45) is 10.4 Å². The van der Waals surface area contributed by atoms with Crippen molar-refractivity contribution in [2.45, 2.75) is 98.4 Å². The van der Waals surface area contributed by atoms with E-state index in [-0.39, 0.29) is 57.3 Å². The molecule has 4 atom stereocenters. The Labute approximate surface area is 420 Å². The van der Waals surface area contributed by atoms with Gasteiger partial charge in [0.05, 0.1) is 47.0 Å². The van der Waals surface area contributed by atoms with Gasteiger partial charge in [-0.05, 0) is 80.5 Å². The highest BCUT2D eigenvalue weighted by atomic mass is 35.5. The van der Waals surface area contributed by atoms with Crippen molar-refractivity contribution < 1.29 is 33.8 Å². The molecular weight excluding hydrogens is 948 g/mol. The third-order valence-electron chi connectivity index (χ3n) is 12.6. The predicted octanol–water partition coefficient (Wildman–Crippen LogP) is 8.35. The number of anilines is 1. The van der Waals surface area contributed by atoms with Gasteiger partial charge in [0.15, 0.2) is 11.6 Å². The first kappa shape index (κ1) is 50.3. The third-order valence-corrected chi connectivity index (χ3v) is 15.0. The molecule has 0 aliphatic carbocycles. The molecule has 3 amide bonds. The number of halogens is 1. The number of fused-ring (bicyclic) bond motifs is 3. The van der Waals surface area contributed by atoms with Gasteiger partial charge in [-0.15, -0.1) is 32.9 Å². The summed E-state index contributed by atoms with van der Waals surface area (Å²) in [7, 11) is 0. The molecule has 3 aromatic heterocycles. The number of nitrogens with zero attached hydrogens (tertiary/aromatic N) is 6. The quantitative estimate of drug-likeness (QED) is 0.0749. The number of aliphatic imine (C=N–C) groups is 1. The van der Waals surface area contributed by atoms with E-state index in [1.165, 1.54) is 4.90 Å². The number of carbonyl (C=O) groups excluding carboxylic acids is 4. The number of aryl methyl sites for hydroxylation is 4. The number of hydrogen-bond donors (Lipinski definition) is 3. The molecule has 70 heavy (non-hydrogen) atoms. The number of ketones is 1. The van der Waals surface area contributed by atoms with Crippen LogP contribution in [0.15, 0.2) is 83.3 Å². The van der Waals surface area contributed by atoms with Gasteiger partial charge in [-0.25, -0.2) is 4.98 Å². The number of thiazole rings is 1. The van der Waals surface area contributed by atoms with Crippen LogP contribution in [0.3, 0.4) is 0 Å². The molecule has 3 aromatic carbocycles. The minimum absolute atomic E-state index is 0.0000404. The van der Waals surface area contributed by atoms with E-state index < -0.39 is 41.5 Å². The van der Waals surface area contributed by atoms with Crippen molar-refractivity contribution in [3.63, 3.8) is 0 Å². The van der Waals surface area contributed by atoms with Gasteiger partial charge in [0.2, 0.25) is 17.7 Å². The van der Waals surface area contributed by atoms with Crippen molar-refractivity contribution in [1.29, 1.82) is 0 Å². The van der Waals surface area contributed by atoms with Gasteiger partial charge in [0.25, 0.3) is 0 Å². The zero-order chi connectivity index (χ0) is 49.9. The summed E-state index contributed by atoms with van der Waals surface area (Å²) in [5, 5.41) is 26.9. The first-order valence-electron chi connectivity index (χ1n) is 23.2. The van der Waals surface area contributed by atoms with Gasteiger partial charge in [-0.3, -0.25) is 28.7 Å². The summed E-state index contributed by atoms with van der Waals surface area (Å²) in [6.45, 7) is 13.3. The number of Topliss-reactive ketones (excluding diaryl/α,β-unsaturated/α-hetero) is 1. The summed E-state index contributed by atoms with van der Waals surface area (Å²) >= 11 is 9.49. The van der Waals surface area contributed by atoms with E-state index in [9.17, 15) is 24.3 Å². The fourth-order valence-corrected chi connectivity index (χ4v) is 10.9. The van der Waals surface area contributed by atoms with Gasteiger partial charge in [0, 0.05) is 52.2 Å². The summed E-state index contributed by atoms with van der Waals surface area (Å²) < 4.78 is 13.6. The van der Waals surface area contributed by atoms with Gasteiger partial charge >= 0.3 is 0 Å². The summed E-state index contributed by atoms with van der Waals surface area (Å²) in [6, 6.07) is 20.1. The van der Waals surface area contributed by atoms with Gasteiger partial charge < -0.3 is 30.1 Å². The molecule has 0 spiro atoms. The van der Waals surface area contributed by atoms with E-state index in [1.54, 1.807) is 46.9 Å². The Morgan fingerprint density at radius 2 is 1.69 bits per heavy atom. The average molecular weight is 1010 g/mol. The fraction of sp³-hybridized carbons (Fsp3) is 0.385. The summed E-state index contributed by atoms with van der Waals surface area (Å²) in [4.78, 5) is 67.9. The number of hydrogen-bond acceptors (Lipinski definition) is 13. The monoisotopic (exact) mass is 1000 g/mol. The highest BCUT2D eigenvalue weighted by molar-refractivity contribution is 7.15. The standard InChI is InChI=1S/C52H57ClN8O7S2/c1-29-31(3)70-51-45(29)46(34-16-18-36(53)19-17-34)56-40(49-59-58-32(4)61(49)51)25-43(64)55-37-9-8-10-39(23-37)68-22-21-67-27-44(65)57-48(52(5,6)7)50(66)60-26-38(62)24-41(60)42(63)20-13-33-11-14-35(15-12-33)47-30(2)54-28-69-47/h8-12,14-19,23,28,38,40-41,48,62H,13,20-22,24-27H2,1-7H3,(H,55,64)(H,57,65)/t38-,40+,41+,48-/m1/s1. The van der Waals surface area contributed by atoms with E-state index >= 15 is 0 Å². The van der Waals surface area contributed by atoms with Crippen LogP contribution < -0.4 is 15.4 Å². The Morgan fingerprint density at radius 3 is 2.40 bits per heavy atom. The van der Waals surface area contributed by atoms with Crippen molar-refractivity contribution in [2.75, 3.05) is 31.7 Å². The topological polar surface area (TPSA) is 190 Å². The molecule has 18 heteroatoms. The molecule has 0 radical (unpaired) electrons. The Morgan fingerprint density at radius 1 is 0.943 bits per heavy atom. The minimum atomic E-state index is -0.981. The molecule has 2 aliphatic rings. The normalized spacial score (nSPS) is 17.0. The molecule has 1 fully saturated rings. The Balaban J connectivity index is 0.825. The van der Waals surface area contributed by atoms with E-state index in [1.807, 2.05) is 93.2 Å². The number of benzene rings is 3. The maximum Gasteiger partial charge on any atom is 0.246 e. The summed E-state index contributed by atoms with van der Waals surface area (Å²) in [5.74, 6) is 0.389. The van der Waals surface area contributed by atoms with Crippen molar-refractivity contribution in [3.8, 4) is 21.2 Å². The van der Waals surface area contributed by atoms with Crippen LogP contribution in [0.2, 0.25) is 5.02 Å². The van der Waals surface area contributed by atoms with E-state index in [0.29, 0.717) is 34.5 Å². The lowest BCUT2D eigenvalue weighted by molar-refractivity contribution is -0.144. The van der Waals surface area contributed by atoms with E-state index in [4.69, 9.17) is 26.1 Å². The lowest BCUT2D eigenvalue weighted by Crippen LogP contribution is -2.57. The molecule has 15 nitrogen and oxygen atoms in total. The molecule has 3 N–H and O–H groups in total. The second-order valence-electron chi connectivity index (χ2n) is 18.8. The van der Waals surface area contributed by atoms with Crippen molar-refractivity contribution in [1.82, 2.24) is 30.0 Å². The molecule has 1 saturated heterocycles. The number of nitrogens with one attached hydrogen (secondary N) is 2. The number of aromatic nitrogens is 4. The van der Waals surface area contributed by atoms with Crippen LogP contribution in [0.25, 0.3) is 15.4 Å². The number of thiophene rings is 1. The number of amides is 3. The smallest absolute Gasteiger partial charge is 0.246 e. The molecule has 0 unspecified atom stereocenters. The minimum Gasteiger partial charge on any atom is -0.491 e. The van der Waals surface area contributed by atoms with Crippen LogP contribution in [0.1, 0.15) is 90.5 Å². The number of ether oxygens (including phenoxy) is 2. The highest BCUT2D eigenvalue weighted by Gasteiger charge is 2.44. The largest absolute Gasteiger partial charge is 0.491 e. The van der Waals surface area contributed by atoms with Crippen molar-refractivity contribution >= 4 is 69.2 Å². The number of rotatable bonds is 17. The predicted molar refractivity (Wildman–Crippen MR) is 272 cm³/mol. The highest BCUT2D eigenvalue weighted by Crippen LogP contribution is 2.40. The molecule has 2 aliphatic heterocycles. The molecule has 8 rings (SSSR count). The summed E-state index contributed by atoms with van der Waals surface area (Å²) in [5.41, 5.74) is 8.36. The lowest BCUT2D eigenvalue weighted by Gasteiger charge is -2.35. The molecule has 366 valence electrons. The average Bonchev–Trinajstić information content (AvgIpc) is 4.09. The zero-order valence-corrected chi connectivity index (χ0v) is 42.6. The van der Waals surface area contributed by atoms with E-state index in [2.05, 4.69) is 39.7 Å². The zero-order valence-electron chi connectivity index (χ0n) is 40.2. The maximum atomic E-state index is 14.1. The van der Waals surface area contributed by atoms with E-state index in [0.717, 1.165) is 54.0 Å². The molecule has 0 bridgehead atoms. The Kier molecular flexibility index (Phi) is 15.4. The van der Waals surface area contributed by atoms with Gasteiger partial charge in [0.1, 0.15) is 41.9 Å².